The van der Waals surface area contributed by atoms with Gasteiger partial charge in [-0.2, -0.15) is 0 Å². The van der Waals surface area contributed by atoms with Gasteiger partial charge >= 0.3 is 0 Å². The molecule has 0 aliphatic carbocycles. The van der Waals surface area contributed by atoms with Gasteiger partial charge in [0.1, 0.15) is 23.7 Å². The molecule has 4 rings (SSSR count). The van der Waals surface area contributed by atoms with Crippen LogP contribution in [0.25, 0.3) is 6.08 Å². The molecule has 8 nitrogen and oxygen atoms in total. The largest absolute Gasteiger partial charge is 0.496 e. The highest BCUT2D eigenvalue weighted by Crippen LogP contribution is 2.27. The molecule has 2 N–H and O–H groups in total. The maximum absolute atomic E-state index is 13.3. The quantitative estimate of drug-likeness (QED) is 0.258. The van der Waals surface area contributed by atoms with Crippen molar-refractivity contribution in [2.45, 2.75) is 13.5 Å². The Balaban J connectivity index is 1.57. The van der Waals surface area contributed by atoms with Crippen LogP contribution in [0.3, 0.4) is 0 Å². The number of carbonyl (C=O) groups excluding carboxylic acids is 3. The maximum atomic E-state index is 13.3. The number of amides is 3. The second-order valence-electron chi connectivity index (χ2n) is 8.00. The molecule has 1 aliphatic heterocycles. The van der Waals surface area contributed by atoms with E-state index in [9.17, 15) is 14.4 Å². The predicted molar refractivity (Wildman–Crippen MR) is 146 cm³/mol. The number of ether oxygens (including phenoxy) is 2. The van der Waals surface area contributed by atoms with E-state index in [-0.39, 0.29) is 23.2 Å². The predicted octanol–water partition coefficient (Wildman–Crippen LogP) is 4.72. The number of anilines is 2. The molecule has 0 spiro atoms. The summed E-state index contributed by atoms with van der Waals surface area (Å²) in [6.07, 6.45) is 1.49. The van der Waals surface area contributed by atoms with Gasteiger partial charge in [-0.1, -0.05) is 23.7 Å². The van der Waals surface area contributed by atoms with Crippen molar-refractivity contribution >= 4 is 64.1 Å². The van der Waals surface area contributed by atoms with Crippen LogP contribution in [0.2, 0.25) is 5.02 Å². The lowest BCUT2D eigenvalue weighted by Crippen LogP contribution is -2.54. The highest BCUT2D eigenvalue weighted by atomic mass is 35.5. The van der Waals surface area contributed by atoms with Crippen LogP contribution in [0.1, 0.15) is 18.1 Å². The molecule has 1 heterocycles. The molecular weight excluding hydrogens is 514 g/mol. The smallest absolute Gasteiger partial charge is 0.270 e. The highest BCUT2D eigenvalue weighted by Gasteiger charge is 2.34. The maximum Gasteiger partial charge on any atom is 0.270 e. The zero-order chi connectivity index (χ0) is 26.5. The Bertz CT molecular complexity index is 1420. The van der Waals surface area contributed by atoms with E-state index in [0.717, 1.165) is 0 Å². The van der Waals surface area contributed by atoms with Crippen LogP contribution >= 0.6 is 23.8 Å². The van der Waals surface area contributed by atoms with E-state index in [1.54, 1.807) is 73.8 Å². The minimum Gasteiger partial charge on any atom is -0.496 e. The number of hydrogen-bond acceptors (Lipinski definition) is 6. The minimum atomic E-state index is -0.596. The average Bonchev–Trinajstić information content (AvgIpc) is 2.86. The summed E-state index contributed by atoms with van der Waals surface area (Å²) < 4.78 is 11.3. The Morgan fingerprint density at radius 1 is 1.11 bits per heavy atom. The van der Waals surface area contributed by atoms with E-state index in [1.807, 2.05) is 0 Å². The van der Waals surface area contributed by atoms with Crippen molar-refractivity contribution in [3.63, 3.8) is 0 Å². The molecule has 0 atom stereocenters. The summed E-state index contributed by atoms with van der Waals surface area (Å²) in [5.74, 6) is -0.150. The second-order valence-corrected chi connectivity index (χ2v) is 8.83. The van der Waals surface area contributed by atoms with Crippen LogP contribution < -0.4 is 25.0 Å². The van der Waals surface area contributed by atoms with Crippen LogP contribution in [0, 0.1) is 0 Å². The number of benzene rings is 3. The van der Waals surface area contributed by atoms with Gasteiger partial charge in [0.05, 0.1) is 12.8 Å². The van der Waals surface area contributed by atoms with Crippen LogP contribution in [-0.4, -0.2) is 29.9 Å². The lowest BCUT2D eigenvalue weighted by Gasteiger charge is -2.29. The number of rotatable bonds is 7. The monoisotopic (exact) mass is 535 g/mol. The van der Waals surface area contributed by atoms with Crippen molar-refractivity contribution < 1.29 is 23.9 Å². The number of nitrogens with one attached hydrogen (secondary N) is 2. The highest BCUT2D eigenvalue weighted by molar-refractivity contribution is 7.80. The number of methoxy groups -OCH3 is 1. The van der Waals surface area contributed by atoms with E-state index < -0.39 is 11.8 Å². The Hall–Kier alpha value is -4.21. The summed E-state index contributed by atoms with van der Waals surface area (Å²) in [4.78, 5) is 38.3. The summed E-state index contributed by atoms with van der Waals surface area (Å²) in [6, 6.07) is 18.8. The standard InChI is InChI=1S/C27H22ClN3O5S/c1-16(32)29-20-7-9-22(10-8-20)36-15-18-12-17(6-11-24(18)35-2)13-23-25(33)30-27(37)31(26(23)34)21-5-3-4-19(28)14-21/h3-14H,15H2,1-2H3,(H,29,32)(H,30,33,37)/b23-13-. The molecule has 1 fully saturated rings. The summed E-state index contributed by atoms with van der Waals surface area (Å²) in [5.41, 5.74) is 2.32. The third kappa shape index (κ3) is 6.14. The lowest BCUT2D eigenvalue weighted by molar-refractivity contribution is -0.122. The molecule has 0 bridgehead atoms. The van der Waals surface area contributed by atoms with Crippen molar-refractivity contribution in [3.05, 3.63) is 88.5 Å². The Morgan fingerprint density at radius 3 is 2.54 bits per heavy atom. The van der Waals surface area contributed by atoms with E-state index in [1.165, 1.54) is 17.9 Å². The third-order valence-electron chi connectivity index (χ3n) is 5.35. The van der Waals surface area contributed by atoms with E-state index in [0.29, 0.717) is 39.0 Å². The molecule has 1 saturated heterocycles. The van der Waals surface area contributed by atoms with Crippen LogP contribution in [-0.2, 0) is 21.0 Å². The van der Waals surface area contributed by atoms with Crippen molar-refractivity contribution in [1.82, 2.24) is 5.32 Å². The van der Waals surface area contributed by atoms with Crippen molar-refractivity contribution in [3.8, 4) is 11.5 Å². The molecule has 3 aromatic carbocycles. The van der Waals surface area contributed by atoms with Crippen LogP contribution in [0.5, 0.6) is 11.5 Å². The first-order valence-corrected chi connectivity index (χ1v) is 11.9. The fourth-order valence-electron chi connectivity index (χ4n) is 3.67. The van der Waals surface area contributed by atoms with E-state index >= 15 is 0 Å². The number of halogens is 1. The molecule has 3 amide bonds. The number of carbonyl (C=O) groups is 3. The van der Waals surface area contributed by atoms with E-state index in [2.05, 4.69) is 10.6 Å². The molecule has 0 aromatic heterocycles. The Kier molecular flexibility index (Phi) is 7.86. The zero-order valence-corrected chi connectivity index (χ0v) is 21.5. The fraction of sp³-hybridized carbons (Fsp3) is 0.111. The lowest BCUT2D eigenvalue weighted by atomic mass is 10.0. The fourth-order valence-corrected chi connectivity index (χ4v) is 4.14. The summed E-state index contributed by atoms with van der Waals surface area (Å²) in [5, 5.41) is 5.66. The Morgan fingerprint density at radius 2 is 1.86 bits per heavy atom. The minimum absolute atomic E-state index is 0.0252. The van der Waals surface area contributed by atoms with Gasteiger partial charge in [-0.3, -0.25) is 24.6 Å². The molecule has 0 saturated carbocycles. The third-order valence-corrected chi connectivity index (χ3v) is 5.87. The van der Waals surface area contributed by atoms with Gasteiger partial charge in [-0.25, -0.2) is 0 Å². The first-order chi connectivity index (χ1) is 17.7. The first-order valence-electron chi connectivity index (χ1n) is 11.1. The number of hydrogen-bond donors (Lipinski definition) is 2. The summed E-state index contributed by atoms with van der Waals surface area (Å²) in [6.45, 7) is 1.60. The molecule has 1 aliphatic rings. The molecule has 188 valence electrons. The first kappa shape index (κ1) is 25.9. The topological polar surface area (TPSA) is 97.0 Å². The van der Waals surface area contributed by atoms with Gasteiger partial charge < -0.3 is 14.8 Å². The van der Waals surface area contributed by atoms with Gasteiger partial charge in [0, 0.05) is 23.2 Å². The molecule has 0 radical (unpaired) electrons. The van der Waals surface area contributed by atoms with Crippen molar-refractivity contribution in [1.29, 1.82) is 0 Å². The molecule has 3 aromatic rings. The molecule has 37 heavy (non-hydrogen) atoms. The molecular formula is C27H22ClN3O5S. The van der Waals surface area contributed by atoms with Gasteiger partial charge in [0.15, 0.2) is 5.11 Å². The summed E-state index contributed by atoms with van der Waals surface area (Å²) >= 11 is 11.3. The average molecular weight is 536 g/mol. The molecule has 0 unspecified atom stereocenters. The van der Waals surface area contributed by atoms with E-state index in [4.69, 9.17) is 33.3 Å². The Labute approximate surface area is 223 Å². The second kappa shape index (κ2) is 11.2. The van der Waals surface area contributed by atoms with Crippen molar-refractivity contribution in [2.75, 3.05) is 17.3 Å². The normalized spacial score (nSPS) is 14.4. The van der Waals surface area contributed by atoms with Gasteiger partial charge in [-0.15, -0.1) is 0 Å². The van der Waals surface area contributed by atoms with Crippen LogP contribution in [0.15, 0.2) is 72.3 Å². The van der Waals surface area contributed by atoms with Gasteiger partial charge in [-0.05, 0) is 78.5 Å². The summed E-state index contributed by atoms with van der Waals surface area (Å²) in [7, 11) is 1.54. The zero-order valence-electron chi connectivity index (χ0n) is 19.9. The molecule has 10 heteroatoms. The number of nitrogens with zero attached hydrogens (tertiary/aromatic N) is 1. The van der Waals surface area contributed by atoms with Gasteiger partial charge in [0.2, 0.25) is 5.91 Å². The van der Waals surface area contributed by atoms with Crippen LogP contribution in [0.4, 0.5) is 11.4 Å². The number of thiocarbonyl (C=S) groups is 1. The van der Waals surface area contributed by atoms with Gasteiger partial charge in [0.25, 0.3) is 11.8 Å². The van der Waals surface area contributed by atoms with Crippen molar-refractivity contribution in [2.24, 2.45) is 0 Å². The SMILES string of the molecule is COc1ccc(/C=C2/C(=O)NC(=S)N(c3cccc(Cl)c3)C2=O)cc1COc1ccc(NC(C)=O)cc1.